The molecule has 1 aliphatic rings. The van der Waals surface area contributed by atoms with Gasteiger partial charge >= 0.3 is 0 Å². The van der Waals surface area contributed by atoms with E-state index in [1.54, 1.807) is 0 Å². The van der Waals surface area contributed by atoms with Gasteiger partial charge in [-0.3, -0.25) is 9.20 Å². The number of hydrogen-bond donors (Lipinski definition) is 2. The van der Waals surface area contributed by atoms with Crippen LogP contribution in [0.2, 0.25) is 0 Å². The van der Waals surface area contributed by atoms with E-state index in [2.05, 4.69) is 38.3 Å². The zero-order valence-electron chi connectivity index (χ0n) is 16.2. The molecule has 4 nitrogen and oxygen atoms in total. The topological polar surface area (TPSA) is 53.5 Å². The fourth-order valence-corrected chi connectivity index (χ4v) is 4.41. The minimum Gasteiger partial charge on any atom is -0.357 e. The van der Waals surface area contributed by atoms with Gasteiger partial charge in [-0.25, -0.2) is 0 Å². The Morgan fingerprint density at radius 2 is 1.96 bits per heavy atom. The minimum atomic E-state index is -0.670. The van der Waals surface area contributed by atoms with E-state index in [0.29, 0.717) is 16.7 Å². The Morgan fingerprint density at radius 3 is 2.54 bits per heavy atom. The van der Waals surface area contributed by atoms with Gasteiger partial charge in [0.05, 0.1) is 0 Å². The molecule has 0 bridgehead atoms. The van der Waals surface area contributed by atoms with Crippen LogP contribution in [0.3, 0.4) is 0 Å². The lowest BCUT2D eigenvalue weighted by Gasteiger charge is -2.30. The third kappa shape index (κ3) is 10.2. The van der Waals surface area contributed by atoms with Crippen molar-refractivity contribution < 1.29 is 4.21 Å². The van der Waals surface area contributed by atoms with Gasteiger partial charge in [-0.05, 0) is 44.4 Å². The standard InChI is InChI=1S/C18H37N3OS.HI/c1-6-19-17(20-13-9-12-18(3,4)5)21-15-10-8-11-16(14-15)23(22)7-2;/h15-16H,6-14H2,1-5H3,(H2,19,20,21);1H. The molecule has 0 saturated heterocycles. The minimum absolute atomic E-state index is 0. The summed E-state index contributed by atoms with van der Waals surface area (Å²) < 4.78 is 12.1. The maximum Gasteiger partial charge on any atom is 0.191 e. The molecule has 0 aromatic heterocycles. The van der Waals surface area contributed by atoms with E-state index in [4.69, 9.17) is 4.99 Å². The Kier molecular flexibility index (Phi) is 12.6. The summed E-state index contributed by atoms with van der Waals surface area (Å²) in [5.41, 5.74) is 0.377. The van der Waals surface area contributed by atoms with Gasteiger partial charge in [-0.1, -0.05) is 34.1 Å². The SMILES string of the molecule is CCNC(=NCCCC(C)(C)C)NC1CCCC(S(=O)CC)C1.I. The monoisotopic (exact) mass is 471 g/mol. The second kappa shape index (κ2) is 12.5. The molecule has 0 heterocycles. The Bertz CT molecular complexity index is 396. The van der Waals surface area contributed by atoms with E-state index in [0.717, 1.165) is 56.9 Å². The summed E-state index contributed by atoms with van der Waals surface area (Å²) in [5, 5.41) is 7.27. The fraction of sp³-hybridized carbons (Fsp3) is 0.944. The van der Waals surface area contributed by atoms with E-state index in [1.165, 1.54) is 6.42 Å². The molecule has 6 heteroatoms. The van der Waals surface area contributed by atoms with E-state index in [-0.39, 0.29) is 24.0 Å². The number of nitrogens with zero attached hydrogens (tertiary/aromatic N) is 1. The van der Waals surface area contributed by atoms with Crippen LogP contribution in [0, 0.1) is 5.41 Å². The number of guanidine groups is 1. The lowest BCUT2D eigenvalue weighted by atomic mass is 9.91. The molecule has 0 aromatic rings. The Hall–Kier alpha value is 0.150. The number of aliphatic imine (C=N–C) groups is 1. The quantitative estimate of drug-likeness (QED) is 0.255. The third-order valence-electron chi connectivity index (χ3n) is 4.32. The van der Waals surface area contributed by atoms with Crippen LogP contribution in [0.15, 0.2) is 4.99 Å². The molecule has 1 rings (SSSR count). The molecular weight excluding hydrogens is 433 g/mol. The molecular formula is C18H38IN3OS. The molecule has 1 aliphatic carbocycles. The van der Waals surface area contributed by atoms with Crippen LogP contribution in [0.1, 0.15) is 73.1 Å². The molecule has 0 aromatic carbocycles. The average Bonchev–Trinajstić information content (AvgIpc) is 2.50. The van der Waals surface area contributed by atoms with Crippen LogP contribution in [0.4, 0.5) is 0 Å². The van der Waals surface area contributed by atoms with Gasteiger partial charge < -0.3 is 10.6 Å². The van der Waals surface area contributed by atoms with Crippen LogP contribution in [0.25, 0.3) is 0 Å². The second-order valence-electron chi connectivity index (χ2n) is 7.72. The normalized spacial score (nSPS) is 23.3. The van der Waals surface area contributed by atoms with Crippen molar-refractivity contribution in [3.05, 3.63) is 0 Å². The van der Waals surface area contributed by atoms with Crippen LogP contribution < -0.4 is 10.6 Å². The fourth-order valence-electron chi connectivity index (χ4n) is 3.06. The predicted molar refractivity (Wildman–Crippen MR) is 118 cm³/mol. The van der Waals surface area contributed by atoms with E-state index < -0.39 is 10.8 Å². The summed E-state index contributed by atoms with van der Waals surface area (Å²) in [5.74, 6) is 1.70. The Labute approximate surface area is 168 Å². The summed E-state index contributed by atoms with van der Waals surface area (Å²) in [7, 11) is -0.670. The lowest BCUT2D eigenvalue weighted by molar-refractivity contribution is 0.368. The van der Waals surface area contributed by atoms with Gasteiger partial charge in [0.15, 0.2) is 5.96 Å². The maximum atomic E-state index is 12.1. The van der Waals surface area contributed by atoms with Gasteiger partial charge in [0.1, 0.15) is 0 Å². The van der Waals surface area contributed by atoms with E-state index in [9.17, 15) is 4.21 Å². The van der Waals surface area contributed by atoms with Crippen LogP contribution >= 0.6 is 24.0 Å². The van der Waals surface area contributed by atoms with Crippen molar-refractivity contribution in [2.75, 3.05) is 18.8 Å². The van der Waals surface area contributed by atoms with Gasteiger partial charge in [-0.2, -0.15) is 0 Å². The first-order chi connectivity index (χ1) is 10.9. The Morgan fingerprint density at radius 1 is 1.25 bits per heavy atom. The molecule has 0 aliphatic heterocycles. The second-order valence-corrected chi connectivity index (χ2v) is 9.73. The highest BCUT2D eigenvalue weighted by Crippen LogP contribution is 2.23. The van der Waals surface area contributed by atoms with Crippen molar-refractivity contribution in [3.63, 3.8) is 0 Å². The first-order valence-corrected chi connectivity index (χ1v) is 10.7. The van der Waals surface area contributed by atoms with E-state index >= 15 is 0 Å². The van der Waals surface area contributed by atoms with Crippen molar-refractivity contribution in [1.82, 2.24) is 10.6 Å². The highest BCUT2D eigenvalue weighted by molar-refractivity contribution is 14.0. The Balaban J connectivity index is 0.00000529. The highest BCUT2D eigenvalue weighted by atomic mass is 127. The van der Waals surface area contributed by atoms with E-state index in [1.807, 2.05) is 6.92 Å². The largest absolute Gasteiger partial charge is 0.357 e. The number of halogens is 1. The zero-order chi connectivity index (χ0) is 17.3. The number of rotatable bonds is 7. The molecule has 1 saturated carbocycles. The zero-order valence-corrected chi connectivity index (χ0v) is 19.3. The first-order valence-electron chi connectivity index (χ1n) is 9.27. The average molecular weight is 471 g/mol. The van der Waals surface area contributed by atoms with Crippen molar-refractivity contribution >= 4 is 40.7 Å². The van der Waals surface area contributed by atoms with Crippen molar-refractivity contribution in [2.24, 2.45) is 10.4 Å². The summed E-state index contributed by atoms with van der Waals surface area (Å²) >= 11 is 0. The molecule has 3 atom stereocenters. The maximum absolute atomic E-state index is 12.1. The highest BCUT2D eigenvalue weighted by Gasteiger charge is 2.26. The molecule has 0 spiro atoms. The van der Waals surface area contributed by atoms with Crippen molar-refractivity contribution in [1.29, 1.82) is 0 Å². The predicted octanol–water partition coefficient (Wildman–Crippen LogP) is 4.07. The van der Waals surface area contributed by atoms with Crippen LogP contribution in [0.5, 0.6) is 0 Å². The first kappa shape index (κ1) is 24.1. The van der Waals surface area contributed by atoms with Crippen LogP contribution in [-0.4, -0.2) is 40.3 Å². The molecule has 0 amide bonds. The molecule has 3 unspecified atom stereocenters. The van der Waals surface area contributed by atoms with Gasteiger partial charge in [-0.15, -0.1) is 24.0 Å². The van der Waals surface area contributed by atoms with Crippen molar-refractivity contribution in [2.45, 2.75) is 84.4 Å². The van der Waals surface area contributed by atoms with Gasteiger partial charge in [0.25, 0.3) is 0 Å². The van der Waals surface area contributed by atoms with Crippen LogP contribution in [-0.2, 0) is 10.8 Å². The van der Waals surface area contributed by atoms with Gasteiger partial charge in [0, 0.05) is 40.9 Å². The molecule has 0 radical (unpaired) electrons. The molecule has 144 valence electrons. The number of nitrogens with one attached hydrogen (secondary N) is 2. The molecule has 1 fully saturated rings. The summed E-state index contributed by atoms with van der Waals surface area (Å²) in [6.45, 7) is 12.7. The molecule has 2 N–H and O–H groups in total. The van der Waals surface area contributed by atoms with Crippen molar-refractivity contribution in [3.8, 4) is 0 Å². The van der Waals surface area contributed by atoms with Gasteiger partial charge in [0.2, 0.25) is 0 Å². The summed E-state index contributed by atoms with van der Waals surface area (Å²) in [6, 6.07) is 0.407. The summed E-state index contributed by atoms with van der Waals surface area (Å²) in [6.07, 6.45) is 6.75. The summed E-state index contributed by atoms with van der Waals surface area (Å²) in [4.78, 5) is 4.72. The molecule has 24 heavy (non-hydrogen) atoms. The number of hydrogen-bond acceptors (Lipinski definition) is 2. The third-order valence-corrected chi connectivity index (χ3v) is 6.06. The lowest BCUT2D eigenvalue weighted by Crippen LogP contribution is -2.46. The smallest absolute Gasteiger partial charge is 0.191 e.